The van der Waals surface area contributed by atoms with Crippen molar-refractivity contribution in [2.24, 2.45) is 12.0 Å². The van der Waals surface area contributed by atoms with E-state index in [2.05, 4.69) is 61.9 Å². The molecule has 7 nitrogen and oxygen atoms in total. The highest BCUT2D eigenvalue weighted by Gasteiger charge is 2.10. The lowest BCUT2D eigenvalue weighted by atomic mass is 10.1. The molecule has 2 N–H and O–H groups in total. The molecule has 28 heavy (non-hydrogen) atoms. The predicted octanol–water partition coefficient (Wildman–Crippen LogP) is 2.67. The van der Waals surface area contributed by atoms with E-state index in [-0.39, 0.29) is 24.0 Å². The van der Waals surface area contributed by atoms with Crippen molar-refractivity contribution in [3.63, 3.8) is 0 Å². The molecule has 2 heterocycles. The van der Waals surface area contributed by atoms with Crippen molar-refractivity contribution in [1.82, 2.24) is 30.3 Å². The smallest absolute Gasteiger partial charge is 0.191 e. The molecular weight excluding hydrogens is 465 g/mol. The molecule has 0 amide bonds. The quantitative estimate of drug-likeness (QED) is 0.350. The van der Waals surface area contributed by atoms with Crippen LogP contribution in [0.3, 0.4) is 0 Å². The Hall–Kier alpha value is -1.68. The fraction of sp³-hybridized carbons (Fsp3) is 0.550. The number of likely N-dealkylation sites (tertiary alicyclic amines) is 1. The van der Waals surface area contributed by atoms with Crippen LogP contribution in [-0.4, -0.2) is 45.3 Å². The Morgan fingerprint density at radius 1 is 1.07 bits per heavy atom. The Bertz CT molecular complexity index is 720. The van der Waals surface area contributed by atoms with E-state index in [4.69, 9.17) is 0 Å². The van der Waals surface area contributed by atoms with Gasteiger partial charge < -0.3 is 15.2 Å². The van der Waals surface area contributed by atoms with E-state index in [1.807, 2.05) is 11.6 Å². The molecule has 1 aliphatic heterocycles. The molecule has 154 valence electrons. The van der Waals surface area contributed by atoms with Gasteiger partial charge in [0.05, 0.1) is 13.1 Å². The molecule has 0 saturated carbocycles. The van der Waals surface area contributed by atoms with Gasteiger partial charge in [-0.2, -0.15) is 0 Å². The first-order valence-corrected chi connectivity index (χ1v) is 9.90. The number of aromatic nitrogens is 3. The second-order valence-electron chi connectivity index (χ2n) is 7.06. The number of benzene rings is 1. The van der Waals surface area contributed by atoms with Gasteiger partial charge in [-0.05, 0) is 44.0 Å². The van der Waals surface area contributed by atoms with Crippen molar-refractivity contribution in [1.29, 1.82) is 0 Å². The first kappa shape index (κ1) is 22.6. The lowest BCUT2D eigenvalue weighted by Crippen LogP contribution is -2.37. The van der Waals surface area contributed by atoms with Gasteiger partial charge in [0, 0.05) is 20.1 Å². The third-order valence-corrected chi connectivity index (χ3v) is 4.86. The van der Waals surface area contributed by atoms with E-state index in [1.54, 1.807) is 6.33 Å². The monoisotopic (exact) mass is 497 g/mol. The summed E-state index contributed by atoms with van der Waals surface area (Å²) < 4.78 is 1.90. The molecule has 1 fully saturated rings. The van der Waals surface area contributed by atoms with Gasteiger partial charge in [0.15, 0.2) is 11.8 Å². The van der Waals surface area contributed by atoms with Gasteiger partial charge in [0.25, 0.3) is 0 Å². The zero-order valence-electron chi connectivity index (χ0n) is 16.9. The molecule has 0 spiro atoms. The topological polar surface area (TPSA) is 70.4 Å². The maximum absolute atomic E-state index is 4.68. The fourth-order valence-electron chi connectivity index (χ4n) is 3.27. The average Bonchev–Trinajstić information content (AvgIpc) is 3.11. The molecule has 0 bridgehead atoms. The SMILES string of the molecule is CCNC(=NCc1ccc(CN2CCCCC2)cc1)NCc1nncn1C.I. The van der Waals surface area contributed by atoms with Crippen molar-refractivity contribution >= 4 is 29.9 Å². The first-order valence-electron chi connectivity index (χ1n) is 9.90. The van der Waals surface area contributed by atoms with E-state index in [9.17, 15) is 0 Å². The second kappa shape index (κ2) is 12.0. The predicted molar refractivity (Wildman–Crippen MR) is 124 cm³/mol. The van der Waals surface area contributed by atoms with Crippen molar-refractivity contribution in [2.75, 3.05) is 19.6 Å². The minimum absolute atomic E-state index is 0. The lowest BCUT2D eigenvalue weighted by molar-refractivity contribution is 0.221. The van der Waals surface area contributed by atoms with Gasteiger partial charge in [-0.25, -0.2) is 4.99 Å². The maximum Gasteiger partial charge on any atom is 0.191 e. The number of hydrogen-bond donors (Lipinski definition) is 2. The van der Waals surface area contributed by atoms with E-state index in [1.165, 1.54) is 43.5 Å². The van der Waals surface area contributed by atoms with Gasteiger partial charge in [-0.3, -0.25) is 4.90 Å². The molecule has 1 aromatic heterocycles. The molecule has 1 aliphatic rings. The third kappa shape index (κ3) is 7.05. The molecule has 0 unspecified atom stereocenters. The van der Waals surface area contributed by atoms with Gasteiger partial charge >= 0.3 is 0 Å². The first-order chi connectivity index (χ1) is 13.2. The van der Waals surface area contributed by atoms with Crippen LogP contribution in [-0.2, 0) is 26.7 Å². The third-order valence-electron chi connectivity index (χ3n) is 4.86. The number of rotatable bonds is 7. The summed E-state index contributed by atoms with van der Waals surface area (Å²) in [5, 5.41) is 14.6. The van der Waals surface area contributed by atoms with Crippen LogP contribution in [0.1, 0.15) is 43.1 Å². The molecule has 0 radical (unpaired) electrons. The zero-order valence-corrected chi connectivity index (χ0v) is 19.2. The molecule has 0 atom stereocenters. The van der Waals surface area contributed by atoms with Crippen molar-refractivity contribution in [3.05, 3.63) is 47.5 Å². The summed E-state index contributed by atoms with van der Waals surface area (Å²) >= 11 is 0. The van der Waals surface area contributed by atoms with E-state index >= 15 is 0 Å². The summed E-state index contributed by atoms with van der Waals surface area (Å²) in [5.41, 5.74) is 2.60. The van der Waals surface area contributed by atoms with Gasteiger partial charge in [0.2, 0.25) is 0 Å². The summed E-state index contributed by atoms with van der Waals surface area (Å²) in [6.45, 7) is 7.65. The van der Waals surface area contributed by atoms with Crippen LogP contribution in [0, 0.1) is 0 Å². The summed E-state index contributed by atoms with van der Waals surface area (Å²) in [5.74, 6) is 1.67. The summed E-state index contributed by atoms with van der Waals surface area (Å²) in [7, 11) is 1.94. The summed E-state index contributed by atoms with van der Waals surface area (Å²) in [4.78, 5) is 7.24. The van der Waals surface area contributed by atoms with Crippen molar-refractivity contribution < 1.29 is 0 Å². The number of aryl methyl sites for hydroxylation is 1. The van der Waals surface area contributed by atoms with Crippen LogP contribution in [0.2, 0.25) is 0 Å². The van der Waals surface area contributed by atoms with E-state index < -0.39 is 0 Å². The Balaban J connectivity index is 0.00000280. The minimum atomic E-state index is 0. The average molecular weight is 497 g/mol. The van der Waals surface area contributed by atoms with Crippen LogP contribution >= 0.6 is 24.0 Å². The highest BCUT2D eigenvalue weighted by molar-refractivity contribution is 14.0. The van der Waals surface area contributed by atoms with Crippen LogP contribution in [0.4, 0.5) is 0 Å². The van der Waals surface area contributed by atoms with Gasteiger partial charge in [-0.1, -0.05) is 30.7 Å². The highest BCUT2D eigenvalue weighted by atomic mass is 127. The molecule has 1 saturated heterocycles. The Morgan fingerprint density at radius 2 is 1.79 bits per heavy atom. The Kier molecular flexibility index (Phi) is 9.69. The molecule has 3 rings (SSSR count). The summed E-state index contributed by atoms with van der Waals surface area (Å²) in [6, 6.07) is 8.85. The summed E-state index contributed by atoms with van der Waals surface area (Å²) in [6.07, 6.45) is 5.75. The molecule has 0 aliphatic carbocycles. The number of guanidine groups is 1. The van der Waals surface area contributed by atoms with E-state index in [0.29, 0.717) is 13.1 Å². The van der Waals surface area contributed by atoms with Gasteiger partial charge in [-0.15, -0.1) is 34.2 Å². The normalized spacial score (nSPS) is 15.1. The minimum Gasteiger partial charge on any atom is -0.357 e. The van der Waals surface area contributed by atoms with Crippen LogP contribution in [0.15, 0.2) is 35.6 Å². The number of halogens is 1. The molecule has 2 aromatic rings. The standard InChI is InChI=1S/C20H31N7.HI/c1-3-21-20(23-14-19-25-24-16-26(19)2)22-13-17-7-9-18(10-8-17)15-27-11-5-4-6-12-27;/h7-10,16H,3-6,11-15H2,1-2H3,(H2,21,22,23);1H. The lowest BCUT2D eigenvalue weighted by Gasteiger charge is -2.26. The van der Waals surface area contributed by atoms with Crippen molar-refractivity contribution in [3.8, 4) is 0 Å². The molecule has 1 aromatic carbocycles. The van der Waals surface area contributed by atoms with E-state index in [0.717, 1.165) is 24.9 Å². The van der Waals surface area contributed by atoms with Gasteiger partial charge in [0.1, 0.15) is 6.33 Å². The zero-order chi connectivity index (χ0) is 18.9. The second-order valence-corrected chi connectivity index (χ2v) is 7.06. The number of nitrogens with zero attached hydrogens (tertiary/aromatic N) is 5. The largest absolute Gasteiger partial charge is 0.357 e. The number of hydrogen-bond acceptors (Lipinski definition) is 4. The maximum atomic E-state index is 4.68. The van der Waals surface area contributed by atoms with Crippen molar-refractivity contribution in [2.45, 2.75) is 45.8 Å². The fourth-order valence-corrected chi connectivity index (χ4v) is 3.27. The molecular formula is C20H32IN7. The highest BCUT2D eigenvalue weighted by Crippen LogP contribution is 2.14. The van der Waals surface area contributed by atoms with Crippen LogP contribution in [0.5, 0.6) is 0 Å². The number of piperidine rings is 1. The Morgan fingerprint density at radius 3 is 2.43 bits per heavy atom. The number of nitrogens with one attached hydrogen (secondary N) is 2. The van der Waals surface area contributed by atoms with Crippen LogP contribution in [0.25, 0.3) is 0 Å². The molecule has 8 heteroatoms. The number of aliphatic imine (C=N–C) groups is 1. The Labute approximate surface area is 185 Å². The van der Waals surface area contributed by atoms with Crippen LogP contribution < -0.4 is 10.6 Å².